The number of hydrogen-bond donors (Lipinski definition) is 1. The first-order chi connectivity index (χ1) is 5.12. The molecule has 3 nitrogen and oxygen atoms in total. The van der Waals surface area contributed by atoms with Crippen LogP contribution in [-0.4, -0.2) is 29.2 Å². The van der Waals surface area contributed by atoms with Crippen LogP contribution in [0.4, 0.5) is 0 Å². The maximum absolute atomic E-state index is 9.48. The zero-order chi connectivity index (χ0) is 8.06. The van der Waals surface area contributed by atoms with Crippen molar-refractivity contribution in [2.75, 3.05) is 0 Å². The van der Waals surface area contributed by atoms with Gasteiger partial charge in [0.05, 0.1) is 11.7 Å². The topological polar surface area (TPSA) is 38.7 Å². The normalized spacial score (nSPS) is 56.5. The molecule has 64 valence electrons. The Bertz CT molecular complexity index is 171. The number of hydrogen-bond acceptors (Lipinski definition) is 3. The summed E-state index contributed by atoms with van der Waals surface area (Å²) in [7, 11) is 0. The van der Waals surface area contributed by atoms with Crippen LogP contribution in [0.3, 0.4) is 0 Å². The van der Waals surface area contributed by atoms with Crippen LogP contribution < -0.4 is 0 Å². The average molecular weight is 158 g/mol. The zero-order valence-corrected chi connectivity index (χ0v) is 6.91. The van der Waals surface area contributed by atoms with Gasteiger partial charge in [0.25, 0.3) is 0 Å². The Morgan fingerprint density at radius 1 is 1.55 bits per heavy atom. The van der Waals surface area contributed by atoms with Crippen molar-refractivity contribution in [1.29, 1.82) is 0 Å². The average Bonchev–Trinajstić information content (AvgIpc) is 2.32. The van der Waals surface area contributed by atoms with E-state index in [0.29, 0.717) is 0 Å². The molecule has 1 N–H and O–H groups in total. The predicted molar refractivity (Wildman–Crippen MR) is 39.1 cm³/mol. The molecule has 1 saturated heterocycles. The maximum Gasteiger partial charge on any atom is 0.156 e. The Morgan fingerprint density at radius 2 is 2.27 bits per heavy atom. The van der Waals surface area contributed by atoms with Crippen LogP contribution in [0.15, 0.2) is 0 Å². The van der Waals surface area contributed by atoms with E-state index >= 15 is 0 Å². The zero-order valence-electron chi connectivity index (χ0n) is 6.91. The third-order valence-corrected chi connectivity index (χ3v) is 2.66. The second-order valence-corrected chi connectivity index (χ2v) is 3.66. The summed E-state index contributed by atoms with van der Waals surface area (Å²) in [5.41, 5.74) is -0.223. The van der Waals surface area contributed by atoms with Gasteiger partial charge in [-0.1, -0.05) is 0 Å². The van der Waals surface area contributed by atoms with Gasteiger partial charge in [0, 0.05) is 0 Å². The monoisotopic (exact) mass is 158 g/mol. The Kier molecular flexibility index (Phi) is 1.50. The number of fused-ring (bicyclic) bond motifs is 1. The largest absolute Gasteiger partial charge is 0.390 e. The molecule has 4 unspecified atom stereocenters. The van der Waals surface area contributed by atoms with Crippen LogP contribution in [0, 0.1) is 0 Å². The second kappa shape index (κ2) is 2.19. The molecule has 0 amide bonds. The summed E-state index contributed by atoms with van der Waals surface area (Å²) in [6, 6.07) is 0. The van der Waals surface area contributed by atoms with Crippen LogP contribution in [0.2, 0.25) is 0 Å². The van der Waals surface area contributed by atoms with Gasteiger partial charge in [-0.15, -0.1) is 0 Å². The van der Waals surface area contributed by atoms with Gasteiger partial charge < -0.3 is 14.6 Å². The molecule has 4 atom stereocenters. The fourth-order valence-corrected chi connectivity index (χ4v) is 2.11. The van der Waals surface area contributed by atoms with Crippen LogP contribution in [0.5, 0.6) is 0 Å². The molecule has 1 aliphatic carbocycles. The minimum absolute atomic E-state index is 0.0995. The Hall–Kier alpha value is -0.120. The van der Waals surface area contributed by atoms with Crippen molar-refractivity contribution in [3.63, 3.8) is 0 Å². The molecule has 2 fully saturated rings. The Morgan fingerprint density at radius 3 is 2.91 bits per heavy atom. The molecule has 0 aromatic carbocycles. The molecule has 1 aliphatic heterocycles. The summed E-state index contributed by atoms with van der Waals surface area (Å²) >= 11 is 0. The van der Waals surface area contributed by atoms with E-state index in [1.807, 2.05) is 13.8 Å². The van der Waals surface area contributed by atoms with E-state index in [1.165, 1.54) is 0 Å². The third kappa shape index (κ3) is 0.991. The van der Waals surface area contributed by atoms with E-state index in [1.54, 1.807) is 0 Å². The Labute approximate surface area is 66.3 Å². The highest BCUT2D eigenvalue weighted by atomic mass is 16.7. The van der Waals surface area contributed by atoms with Gasteiger partial charge >= 0.3 is 0 Å². The van der Waals surface area contributed by atoms with Gasteiger partial charge in [-0.25, -0.2) is 0 Å². The van der Waals surface area contributed by atoms with Crippen molar-refractivity contribution in [1.82, 2.24) is 0 Å². The van der Waals surface area contributed by atoms with E-state index in [0.717, 1.165) is 12.8 Å². The predicted octanol–water partition coefficient (Wildman–Crippen LogP) is 0.661. The van der Waals surface area contributed by atoms with Gasteiger partial charge in [-0.3, -0.25) is 0 Å². The minimum Gasteiger partial charge on any atom is -0.390 e. The molecule has 0 aromatic heterocycles. The van der Waals surface area contributed by atoms with E-state index < -0.39 is 0 Å². The number of ether oxygens (including phenoxy) is 2. The van der Waals surface area contributed by atoms with E-state index in [-0.39, 0.29) is 24.1 Å². The quantitative estimate of drug-likeness (QED) is 0.563. The van der Waals surface area contributed by atoms with Crippen LogP contribution in [0.25, 0.3) is 0 Å². The molecule has 2 aliphatic rings. The van der Waals surface area contributed by atoms with Gasteiger partial charge in [0.2, 0.25) is 0 Å². The van der Waals surface area contributed by atoms with Gasteiger partial charge in [-0.05, 0) is 26.7 Å². The Balaban J connectivity index is 2.18. The lowest BCUT2D eigenvalue weighted by molar-refractivity contribution is -0.0869. The second-order valence-electron chi connectivity index (χ2n) is 3.66. The van der Waals surface area contributed by atoms with E-state index in [4.69, 9.17) is 9.47 Å². The lowest BCUT2D eigenvalue weighted by atomic mass is 10.0. The van der Waals surface area contributed by atoms with Crippen LogP contribution in [-0.2, 0) is 9.47 Å². The summed E-state index contributed by atoms with van der Waals surface area (Å²) in [6.07, 6.45) is 1.12. The molecular formula is C8H14O3. The lowest BCUT2D eigenvalue weighted by Crippen LogP contribution is -2.35. The first-order valence-corrected chi connectivity index (χ1v) is 4.13. The van der Waals surface area contributed by atoms with Crippen molar-refractivity contribution in [3.05, 3.63) is 0 Å². The highest BCUT2D eigenvalue weighted by molar-refractivity contribution is 5.00. The molecular weight excluding hydrogens is 144 g/mol. The molecule has 1 saturated carbocycles. The number of aliphatic hydroxyl groups excluding tert-OH is 1. The van der Waals surface area contributed by atoms with E-state index in [9.17, 15) is 5.11 Å². The smallest absolute Gasteiger partial charge is 0.156 e. The lowest BCUT2D eigenvalue weighted by Gasteiger charge is -2.20. The van der Waals surface area contributed by atoms with Crippen LogP contribution >= 0.6 is 0 Å². The SMILES string of the molecule is CC1OC2C(O)CCC2(C)O1. The summed E-state index contributed by atoms with van der Waals surface area (Å²) < 4.78 is 11.0. The highest BCUT2D eigenvalue weighted by Crippen LogP contribution is 2.41. The number of aliphatic hydroxyl groups is 1. The molecule has 0 spiro atoms. The molecule has 0 aromatic rings. The van der Waals surface area contributed by atoms with Crippen molar-refractivity contribution < 1.29 is 14.6 Å². The van der Waals surface area contributed by atoms with Gasteiger partial charge in [0.15, 0.2) is 6.29 Å². The van der Waals surface area contributed by atoms with Gasteiger partial charge in [-0.2, -0.15) is 0 Å². The molecule has 1 heterocycles. The first kappa shape index (κ1) is 7.53. The molecule has 0 radical (unpaired) electrons. The molecule has 0 bridgehead atoms. The summed E-state index contributed by atoms with van der Waals surface area (Å²) in [5.74, 6) is 0. The standard InChI is InChI=1S/C8H14O3/c1-5-10-7-6(9)3-4-8(7,2)11-5/h5-7,9H,3-4H2,1-2H3. The maximum atomic E-state index is 9.48. The molecule has 3 heteroatoms. The number of rotatable bonds is 0. The molecule has 2 rings (SSSR count). The van der Waals surface area contributed by atoms with Crippen molar-refractivity contribution in [2.24, 2.45) is 0 Å². The fraction of sp³-hybridized carbons (Fsp3) is 1.00. The summed E-state index contributed by atoms with van der Waals surface area (Å²) in [5, 5.41) is 9.48. The van der Waals surface area contributed by atoms with Gasteiger partial charge in [0.1, 0.15) is 6.10 Å². The third-order valence-electron chi connectivity index (χ3n) is 2.66. The van der Waals surface area contributed by atoms with Crippen LogP contribution in [0.1, 0.15) is 26.7 Å². The fourth-order valence-electron chi connectivity index (χ4n) is 2.11. The highest BCUT2D eigenvalue weighted by Gasteiger charge is 2.52. The summed E-state index contributed by atoms with van der Waals surface area (Å²) in [4.78, 5) is 0. The minimum atomic E-state index is -0.329. The van der Waals surface area contributed by atoms with Crippen molar-refractivity contribution in [3.8, 4) is 0 Å². The van der Waals surface area contributed by atoms with Crippen molar-refractivity contribution in [2.45, 2.75) is 50.8 Å². The first-order valence-electron chi connectivity index (χ1n) is 4.13. The van der Waals surface area contributed by atoms with E-state index in [2.05, 4.69) is 0 Å². The molecule has 11 heavy (non-hydrogen) atoms. The summed E-state index contributed by atoms with van der Waals surface area (Å²) in [6.45, 7) is 3.88. The van der Waals surface area contributed by atoms with Crippen molar-refractivity contribution >= 4 is 0 Å².